The van der Waals surface area contributed by atoms with Gasteiger partial charge in [0, 0.05) is 43.9 Å². The first-order chi connectivity index (χ1) is 12.9. The summed E-state index contributed by atoms with van der Waals surface area (Å²) in [4.78, 5) is 14.8. The van der Waals surface area contributed by atoms with Crippen LogP contribution >= 0.6 is 0 Å². The largest absolute Gasteiger partial charge is 0.349 e. The molecule has 2 aliphatic rings. The van der Waals surface area contributed by atoms with E-state index in [2.05, 4.69) is 22.2 Å². The van der Waals surface area contributed by atoms with E-state index in [0.29, 0.717) is 6.42 Å². The van der Waals surface area contributed by atoms with Gasteiger partial charge in [0.1, 0.15) is 5.82 Å². The SMILES string of the molecule is Cn1cc(CN2[C@H]3CCCCC(=O)N[C@@]3(C)C[C@H]2c2ccc(F)cc2)cn1. The molecule has 1 N–H and O–H groups in total. The van der Waals surface area contributed by atoms with Gasteiger partial charge in [0.25, 0.3) is 0 Å². The van der Waals surface area contributed by atoms with Crippen LogP contribution < -0.4 is 5.32 Å². The molecule has 6 heteroatoms. The molecule has 3 atom stereocenters. The van der Waals surface area contributed by atoms with E-state index >= 15 is 0 Å². The molecule has 0 saturated carbocycles. The summed E-state index contributed by atoms with van der Waals surface area (Å²) in [5, 5.41) is 7.62. The predicted molar refractivity (Wildman–Crippen MR) is 101 cm³/mol. The van der Waals surface area contributed by atoms with E-state index in [1.165, 1.54) is 12.1 Å². The zero-order valence-electron chi connectivity index (χ0n) is 16.0. The summed E-state index contributed by atoms with van der Waals surface area (Å²) in [5.74, 6) is -0.0793. The summed E-state index contributed by atoms with van der Waals surface area (Å²) in [6, 6.07) is 7.19. The van der Waals surface area contributed by atoms with Crippen LogP contribution in [0.4, 0.5) is 4.39 Å². The van der Waals surface area contributed by atoms with E-state index in [0.717, 1.165) is 43.4 Å². The minimum atomic E-state index is -0.279. The molecule has 4 rings (SSSR count). The summed E-state index contributed by atoms with van der Waals surface area (Å²) in [6.45, 7) is 2.94. The Hall–Kier alpha value is -2.21. The van der Waals surface area contributed by atoms with Crippen LogP contribution in [0.15, 0.2) is 36.7 Å². The number of benzene rings is 1. The van der Waals surface area contributed by atoms with Gasteiger partial charge in [0.2, 0.25) is 5.91 Å². The van der Waals surface area contributed by atoms with E-state index in [1.54, 1.807) is 0 Å². The van der Waals surface area contributed by atoms with E-state index in [4.69, 9.17) is 0 Å². The molecule has 0 bridgehead atoms. The predicted octanol–water partition coefficient (Wildman–Crippen LogP) is 3.32. The Morgan fingerprint density at radius 3 is 2.78 bits per heavy atom. The van der Waals surface area contributed by atoms with Crippen LogP contribution in [0, 0.1) is 5.82 Å². The molecule has 3 heterocycles. The topological polar surface area (TPSA) is 50.2 Å². The van der Waals surface area contributed by atoms with Crippen LogP contribution in [0.25, 0.3) is 0 Å². The maximum absolute atomic E-state index is 13.5. The van der Waals surface area contributed by atoms with Crippen molar-refractivity contribution in [3.8, 4) is 0 Å². The summed E-state index contributed by atoms with van der Waals surface area (Å²) >= 11 is 0. The first-order valence-electron chi connectivity index (χ1n) is 9.74. The fraction of sp³-hybridized carbons (Fsp3) is 0.524. The first-order valence-corrected chi connectivity index (χ1v) is 9.74. The Morgan fingerprint density at radius 1 is 1.30 bits per heavy atom. The number of rotatable bonds is 3. The fourth-order valence-electron chi connectivity index (χ4n) is 4.84. The summed E-state index contributed by atoms with van der Waals surface area (Å²) in [7, 11) is 1.92. The number of aromatic nitrogens is 2. The molecule has 2 aliphatic heterocycles. The molecule has 0 spiro atoms. The number of nitrogens with zero attached hydrogens (tertiary/aromatic N) is 3. The Balaban J connectivity index is 1.70. The zero-order chi connectivity index (χ0) is 19.0. The van der Waals surface area contributed by atoms with Crippen molar-refractivity contribution in [1.82, 2.24) is 20.0 Å². The summed E-state index contributed by atoms with van der Waals surface area (Å²) in [6.07, 6.45) is 8.40. The maximum Gasteiger partial charge on any atom is 0.220 e. The number of carbonyl (C=O) groups is 1. The fourth-order valence-corrected chi connectivity index (χ4v) is 4.84. The number of amides is 1. The molecule has 1 aromatic heterocycles. The highest BCUT2D eigenvalue weighted by molar-refractivity contribution is 5.77. The molecule has 0 aliphatic carbocycles. The lowest BCUT2D eigenvalue weighted by atomic mass is 9.85. The van der Waals surface area contributed by atoms with Crippen LogP contribution in [0.3, 0.4) is 0 Å². The van der Waals surface area contributed by atoms with Crippen LogP contribution in [-0.2, 0) is 18.4 Å². The Kier molecular flexibility index (Phi) is 4.76. The lowest BCUT2D eigenvalue weighted by Crippen LogP contribution is -2.55. The number of hydrogen-bond donors (Lipinski definition) is 1. The molecule has 5 nitrogen and oxygen atoms in total. The van der Waals surface area contributed by atoms with Crippen molar-refractivity contribution in [3.05, 3.63) is 53.6 Å². The van der Waals surface area contributed by atoms with Crippen LogP contribution in [-0.4, -0.2) is 32.2 Å². The molecule has 2 fully saturated rings. The van der Waals surface area contributed by atoms with Gasteiger partial charge in [-0.3, -0.25) is 14.4 Å². The summed E-state index contributed by atoms with van der Waals surface area (Å²) in [5.41, 5.74) is 1.98. The molecule has 0 radical (unpaired) electrons. The number of halogens is 1. The number of hydrogen-bond acceptors (Lipinski definition) is 3. The second-order valence-electron chi connectivity index (χ2n) is 8.19. The van der Waals surface area contributed by atoms with Crippen LogP contribution in [0.5, 0.6) is 0 Å². The van der Waals surface area contributed by atoms with Gasteiger partial charge in [-0.05, 0) is 43.9 Å². The molecule has 2 aromatic rings. The molecule has 1 amide bonds. The third-order valence-electron chi connectivity index (χ3n) is 6.09. The van der Waals surface area contributed by atoms with Gasteiger partial charge in [-0.1, -0.05) is 18.6 Å². The molecule has 0 unspecified atom stereocenters. The normalized spacial score (nSPS) is 29.1. The summed E-state index contributed by atoms with van der Waals surface area (Å²) < 4.78 is 15.3. The Bertz CT molecular complexity index is 818. The maximum atomic E-state index is 13.5. The lowest BCUT2D eigenvalue weighted by Gasteiger charge is -2.38. The van der Waals surface area contributed by atoms with Crippen LogP contribution in [0.1, 0.15) is 56.2 Å². The smallest absolute Gasteiger partial charge is 0.220 e. The van der Waals surface area contributed by atoms with Gasteiger partial charge in [0.15, 0.2) is 0 Å². The van der Waals surface area contributed by atoms with Crippen molar-refractivity contribution >= 4 is 5.91 Å². The number of carbonyl (C=O) groups excluding carboxylic acids is 1. The minimum absolute atomic E-state index is 0.138. The van der Waals surface area contributed by atoms with E-state index in [-0.39, 0.29) is 29.3 Å². The molecular formula is C21H27FN4O. The highest BCUT2D eigenvalue weighted by atomic mass is 19.1. The van der Waals surface area contributed by atoms with Gasteiger partial charge in [-0.15, -0.1) is 0 Å². The zero-order valence-corrected chi connectivity index (χ0v) is 16.0. The standard InChI is InChI=1S/C21H27FN4O/c1-21-11-18(16-7-9-17(22)10-8-16)26(14-15-12-23-25(2)13-15)19(21)5-3-4-6-20(27)24-21/h7-10,12-13,18-19H,3-6,11,14H2,1-2H3,(H,24,27)/t18-,19-,21-/m0/s1. The number of nitrogens with one attached hydrogen (secondary N) is 1. The van der Waals surface area contributed by atoms with E-state index < -0.39 is 0 Å². The molecule has 27 heavy (non-hydrogen) atoms. The van der Waals surface area contributed by atoms with E-state index in [9.17, 15) is 9.18 Å². The highest BCUT2D eigenvalue weighted by Gasteiger charge is 2.50. The number of fused-ring (bicyclic) bond motifs is 1. The van der Waals surface area contributed by atoms with Crippen molar-refractivity contribution in [1.29, 1.82) is 0 Å². The monoisotopic (exact) mass is 370 g/mol. The second kappa shape index (κ2) is 7.08. The van der Waals surface area contributed by atoms with Crippen molar-refractivity contribution < 1.29 is 9.18 Å². The van der Waals surface area contributed by atoms with Crippen molar-refractivity contribution in [2.75, 3.05) is 0 Å². The molecule has 1 aromatic carbocycles. The van der Waals surface area contributed by atoms with Gasteiger partial charge in [-0.2, -0.15) is 5.10 Å². The van der Waals surface area contributed by atoms with Gasteiger partial charge < -0.3 is 5.32 Å². The molecule has 144 valence electrons. The van der Waals surface area contributed by atoms with Crippen molar-refractivity contribution in [3.63, 3.8) is 0 Å². The Morgan fingerprint density at radius 2 is 2.07 bits per heavy atom. The third kappa shape index (κ3) is 3.63. The van der Waals surface area contributed by atoms with Gasteiger partial charge >= 0.3 is 0 Å². The average molecular weight is 370 g/mol. The highest BCUT2D eigenvalue weighted by Crippen LogP contribution is 2.45. The average Bonchev–Trinajstić information content (AvgIpc) is 3.13. The lowest BCUT2D eigenvalue weighted by molar-refractivity contribution is -0.123. The van der Waals surface area contributed by atoms with Crippen molar-refractivity contribution in [2.24, 2.45) is 7.05 Å². The van der Waals surface area contributed by atoms with Crippen molar-refractivity contribution in [2.45, 2.75) is 63.2 Å². The third-order valence-corrected chi connectivity index (χ3v) is 6.09. The Labute approximate surface area is 159 Å². The van der Waals surface area contributed by atoms with E-state index in [1.807, 2.05) is 36.3 Å². The molecule has 2 saturated heterocycles. The quantitative estimate of drug-likeness (QED) is 0.902. The van der Waals surface area contributed by atoms with Crippen LogP contribution in [0.2, 0.25) is 0 Å². The number of aryl methyl sites for hydroxylation is 1. The van der Waals surface area contributed by atoms with Gasteiger partial charge in [-0.25, -0.2) is 4.39 Å². The minimum Gasteiger partial charge on any atom is -0.349 e. The number of likely N-dealkylation sites (tertiary alicyclic amines) is 1. The first kappa shape index (κ1) is 18.2. The molecular weight excluding hydrogens is 343 g/mol. The van der Waals surface area contributed by atoms with Gasteiger partial charge in [0.05, 0.1) is 11.7 Å². The second-order valence-corrected chi connectivity index (χ2v) is 8.19.